The van der Waals surface area contributed by atoms with Gasteiger partial charge in [0.25, 0.3) is 0 Å². The molecule has 9 nitrogen and oxygen atoms in total. The Bertz CT molecular complexity index is 1440. The summed E-state index contributed by atoms with van der Waals surface area (Å²) in [6, 6.07) is 5.76. The number of aryl methyl sites for hydroxylation is 1. The molecule has 0 bridgehead atoms. The van der Waals surface area contributed by atoms with E-state index in [2.05, 4.69) is 4.98 Å². The number of nitrogens with zero attached hydrogens (tertiary/aromatic N) is 6. The lowest BCUT2D eigenvalue weighted by Gasteiger charge is -2.26. The van der Waals surface area contributed by atoms with E-state index in [0.29, 0.717) is 56.4 Å². The number of hydrogen-bond acceptors (Lipinski definition) is 5. The van der Waals surface area contributed by atoms with Crippen molar-refractivity contribution in [3.8, 4) is 0 Å². The Morgan fingerprint density at radius 2 is 2.00 bits per heavy atom. The van der Waals surface area contributed by atoms with Crippen molar-refractivity contribution in [3.05, 3.63) is 63.7 Å². The monoisotopic (exact) mass is 480 g/mol. The van der Waals surface area contributed by atoms with Crippen LogP contribution in [0.5, 0.6) is 0 Å². The van der Waals surface area contributed by atoms with E-state index in [1.807, 2.05) is 32.2 Å². The van der Waals surface area contributed by atoms with Crippen molar-refractivity contribution in [3.63, 3.8) is 0 Å². The lowest BCUT2D eigenvalue weighted by atomic mass is 10.1. The predicted octanol–water partition coefficient (Wildman–Crippen LogP) is 2.67. The van der Waals surface area contributed by atoms with Gasteiger partial charge in [-0.2, -0.15) is 0 Å². The minimum absolute atomic E-state index is 0.0454. The first-order chi connectivity index (χ1) is 16.6. The number of rotatable bonds is 6. The fraction of sp³-hybridized carbons (Fsp3) is 0.417. The Hall–Kier alpha value is -3.17. The highest BCUT2D eigenvalue weighted by molar-refractivity contribution is 6.30. The lowest BCUT2D eigenvalue weighted by molar-refractivity contribution is -0.135. The summed E-state index contributed by atoms with van der Waals surface area (Å²) < 4.78 is 11.0. The maximum Gasteiger partial charge on any atom is 0.329 e. The van der Waals surface area contributed by atoms with E-state index in [0.717, 1.165) is 35.3 Å². The molecule has 0 atom stereocenters. The van der Waals surface area contributed by atoms with Gasteiger partial charge in [0.2, 0.25) is 5.91 Å². The molecule has 4 aromatic rings. The molecule has 34 heavy (non-hydrogen) atoms. The van der Waals surface area contributed by atoms with Crippen LogP contribution in [0, 0.1) is 0 Å². The molecular formula is C24H25ClN6O3. The number of imidazole rings is 2. The van der Waals surface area contributed by atoms with E-state index < -0.39 is 0 Å². The number of carbonyl (C=O) groups is 1. The second-order valence-electron chi connectivity index (χ2n) is 8.91. The summed E-state index contributed by atoms with van der Waals surface area (Å²) in [4.78, 5) is 37.1. The third-order valence-electron chi connectivity index (χ3n) is 6.69. The van der Waals surface area contributed by atoms with E-state index in [9.17, 15) is 9.59 Å². The maximum absolute atomic E-state index is 13.4. The highest BCUT2D eigenvalue weighted by Crippen LogP contribution is 2.36. The molecule has 5 heterocycles. The van der Waals surface area contributed by atoms with Crippen LogP contribution in [-0.4, -0.2) is 60.6 Å². The summed E-state index contributed by atoms with van der Waals surface area (Å²) in [6.07, 6.45) is 8.25. The first kappa shape index (κ1) is 21.4. The summed E-state index contributed by atoms with van der Waals surface area (Å²) >= 11 is 6.23. The van der Waals surface area contributed by atoms with Crippen LogP contribution in [0.25, 0.3) is 16.7 Å². The van der Waals surface area contributed by atoms with Gasteiger partial charge in [-0.1, -0.05) is 11.6 Å². The molecule has 2 aliphatic rings. The zero-order valence-electron chi connectivity index (χ0n) is 18.7. The van der Waals surface area contributed by atoms with Gasteiger partial charge in [-0.25, -0.2) is 9.78 Å². The standard InChI is InChI=1S/C24H25ClN6O3/c25-16-6-8-29-19(3-4-23(32)28-9-11-34-12-10-28)18(27-22(29)13-16)15-30-21-14-26-7-5-20(21)31(24(30)33)17-1-2-17/h5-8,13-14,17H,1-4,9-12,15H2. The minimum Gasteiger partial charge on any atom is -0.378 e. The number of carbonyl (C=O) groups excluding carboxylic acids is 1. The SMILES string of the molecule is O=C(CCc1c(Cn2c(=O)n(C3CC3)c3ccncc32)nc2cc(Cl)ccn12)N1CCOCC1. The number of aromatic nitrogens is 5. The van der Waals surface area contributed by atoms with Gasteiger partial charge >= 0.3 is 5.69 Å². The average molecular weight is 481 g/mol. The highest BCUT2D eigenvalue weighted by atomic mass is 35.5. The fourth-order valence-corrected chi connectivity index (χ4v) is 4.98. The number of fused-ring (bicyclic) bond motifs is 2. The van der Waals surface area contributed by atoms with Gasteiger partial charge in [0, 0.05) is 54.7 Å². The number of amides is 1. The van der Waals surface area contributed by atoms with Gasteiger partial charge in [-0.05, 0) is 31.4 Å². The lowest BCUT2D eigenvalue weighted by Crippen LogP contribution is -2.40. The minimum atomic E-state index is -0.0454. The zero-order valence-corrected chi connectivity index (χ0v) is 19.4. The summed E-state index contributed by atoms with van der Waals surface area (Å²) in [5.74, 6) is 0.102. The molecule has 0 aromatic carbocycles. The fourth-order valence-electron chi connectivity index (χ4n) is 4.82. The molecule has 4 aromatic heterocycles. The molecule has 0 N–H and O–H groups in total. The molecule has 1 saturated carbocycles. The molecule has 10 heteroatoms. The van der Waals surface area contributed by atoms with Gasteiger partial charge in [-0.3, -0.25) is 18.9 Å². The van der Waals surface area contributed by atoms with Crippen molar-refractivity contribution in [2.45, 2.75) is 38.3 Å². The third-order valence-corrected chi connectivity index (χ3v) is 6.93. The summed E-state index contributed by atoms with van der Waals surface area (Å²) in [5, 5.41) is 0.590. The molecule has 2 fully saturated rings. The van der Waals surface area contributed by atoms with Crippen molar-refractivity contribution >= 4 is 34.2 Å². The highest BCUT2D eigenvalue weighted by Gasteiger charge is 2.29. The molecular weight excluding hydrogens is 456 g/mol. The molecule has 1 aliphatic carbocycles. The Morgan fingerprint density at radius 3 is 2.79 bits per heavy atom. The van der Waals surface area contributed by atoms with Crippen LogP contribution in [0.15, 0.2) is 41.6 Å². The van der Waals surface area contributed by atoms with Crippen LogP contribution < -0.4 is 5.69 Å². The molecule has 0 spiro atoms. The maximum atomic E-state index is 13.4. The molecule has 0 unspecified atom stereocenters. The van der Waals surface area contributed by atoms with Gasteiger partial charge in [-0.15, -0.1) is 0 Å². The van der Waals surface area contributed by atoms with Crippen molar-refractivity contribution in [2.75, 3.05) is 26.3 Å². The van der Waals surface area contributed by atoms with E-state index in [4.69, 9.17) is 21.3 Å². The van der Waals surface area contributed by atoms with Gasteiger partial charge < -0.3 is 14.0 Å². The van der Waals surface area contributed by atoms with Gasteiger partial charge in [0.15, 0.2) is 0 Å². The number of hydrogen-bond donors (Lipinski definition) is 0. The molecule has 1 saturated heterocycles. The Balaban J connectivity index is 1.37. The number of ether oxygens (including phenoxy) is 1. The smallest absolute Gasteiger partial charge is 0.329 e. The molecule has 6 rings (SSSR count). The van der Waals surface area contributed by atoms with Crippen molar-refractivity contribution in [1.29, 1.82) is 0 Å². The first-order valence-corrected chi connectivity index (χ1v) is 12.0. The molecule has 1 amide bonds. The summed E-state index contributed by atoms with van der Waals surface area (Å²) in [7, 11) is 0. The van der Waals surface area contributed by atoms with E-state index >= 15 is 0 Å². The van der Waals surface area contributed by atoms with E-state index in [1.54, 1.807) is 23.0 Å². The Kier molecular flexibility index (Phi) is 5.38. The van der Waals surface area contributed by atoms with Crippen molar-refractivity contribution in [1.82, 2.24) is 28.4 Å². The largest absolute Gasteiger partial charge is 0.378 e. The van der Waals surface area contributed by atoms with Crippen LogP contribution >= 0.6 is 11.6 Å². The molecule has 0 radical (unpaired) electrons. The van der Waals surface area contributed by atoms with Crippen LogP contribution in [0.4, 0.5) is 0 Å². The van der Waals surface area contributed by atoms with E-state index in [-0.39, 0.29) is 17.6 Å². The topological polar surface area (TPSA) is 86.7 Å². The molecule has 1 aliphatic heterocycles. The number of pyridine rings is 2. The predicted molar refractivity (Wildman–Crippen MR) is 127 cm³/mol. The first-order valence-electron chi connectivity index (χ1n) is 11.7. The second-order valence-corrected chi connectivity index (χ2v) is 9.34. The second kappa shape index (κ2) is 8.56. The third kappa shape index (κ3) is 3.78. The van der Waals surface area contributed by atoms with Crippen LogP contribution in [0.1, 0.15) is 36.7 Å². The van der Waals surface area contributed by atoms with Gasteiger partial charge in [0.1, 0.15) is 5.65 Å². The summed E-state index contributed by atoms with van der Waals surface area (Å²) in [6.45, 7) is 2.70. The Labute approximate surface area is 200 Å². The van der Waals surface area contributed by atoms with Crippen molar-refractivity contribution in [2.24, 2.45) is 0 Å². The number of halogens is 1. The summed E-state index contributed by atoms with van der Waals surface area (Å²) in [5.41, 5.74) is 4.03. The number of morpholine rings is 1. The van der Waals surface area contributed by atoms with Crippen LogP contribution in [0.2, 0.25) is 5.02 Å². The quantitative estimate of drug-likeness (QED) is 0.423. The van der Waals surface area contributed by atoms with Crippen molar-refractivity contribution < 1.29 is 9.53 Å². The van der Waals surface area contributed by atoms with Crippen LogP contribution in [0.3, 0.4) is 0 Å². The zero-order chi connectivity index (χ0) is 23.2. The van der Waals surface area contributed by atoms with Crippen LogP contribution in [-0.2, 0) is 22.5 Å². The average Bonchev–Trinajstić information content (AvgIpc) is 3.58. The van der Waals surface area contributed by atoms with Gasteiger partial charge in [0.05, 0.1) is 42.7 Å². The molecule has 176 valence electrons. The normalized spacial score (nSPS) is 16.6. The van der Waals surface area contributed by atoms with E-state index in [1.165, 1.54) is 0 Å². The Morgan fingerprint density at radius 1 is 1.18 bits per heavy atom.